The highest BCUT2D eigenvalue weighted by atomic mass is 16.6. The Morgan fingerprint density at radius 3 is 2.11 bits per heavy atom. The van der Waals surface area contributed by atoms with Crippen LogP contribution in [0.3, 0.4) is 0 Å². The second-order valence-corrected chi connectivity index (χ2v) is 12.5. The van der Waals surface area contributed by atoms with Gasteiger partial charge >= 0.3 is 11.9 Å². The van der Waals surface area contributed by atoms with Gasteiger partial charge in [-0.15, -0.1) is 0 Å². The van der Waals surface area contributed by atoms with Gasteiger partial charge in [-0.1, -0.05) is 38.6 Å². The summed E-state index contributed by atoms with van der Waals surface area (Å²) in [5.74, 6) is -1.58. The number of benzene rings is 2. The zero-order valence-electron chi connectivity index (χ0n) is 25.7. The largest absolute Gasteiger partial charge is 0.460 e. The Morgan fingerprint density at radius 2 is 1.57 bits per heavy atom. The van der Waals surface area contributed by atoms with E-state index in [1.165, 1.54) is 20.3 Å². The van der Waals surface area contributed by atoms with Gasteiger partial charge in [0, 0.05) is 60.7 Å². The molecule has 1 saturated carbocycles. The van der Waals surface area contributed by atoms with Crippen LogP contribution in [-0.2, 0) is 29.2 Å². The number of allylic oxidation sites excluding steroid dienone is 1. The van der Waals surface area contributed by atoms with Crippen LogP contribution >= 0.6 is 0 Å². The van der Waals surface area contributed by atoms with Gasteiger partial charge in [0.1, 0.15) is 29.8 Å². The van der Waals surface area contributed by atoms with Gasteiger partial charge in [-0.25, -0.2) is 4.79 Å². The van der Waals surface area contributed by atoms with E-state index >= 15 is 0 Å². The Morgan fingerprint density at radius 1 is 0.978 bits per heavy atom. The van der Waals surface area contributed by atoms with Gasteiger partial charge in [0.2, 0.25) is 5.78 Å². The molecule has 0 spiro atoms. The molecule has 0 saturated heterocycles. The van der Waals surface area contributed by atoms with Crippen LogP contribution in [0.5, 0.6) is 0 Å². The Hall–Kier alpha value is -4.70. The molecule has 0 radical (unpaired) electrons. The molecule has 7 rings (SSSR count). The fraction of sp³-hybridized carbons (Fsp3) is 0.389. The van der Waals surface area contributed by atoms with Gasteiger partial charge in [-0.05, 0) is 54.3 Å². The standard InChI is InChI=1S/C23H24O8.C12H12N2.CH4/c1-10(24)30-13-7-22(2)12(5-6-14(22)25)16-18(13)23(3)15(9-28-4)31-21(27)11-8-29-20(17(11)23)19(16)26;13-11-5-1-9(2-6-11)10-3-7-12(14)8-4-10;/h8,12-13,15H,5-7,9H2,1-4H3;1-8H,13-14H2;1H4/t12?,13-,15-,22+,23+;;/m1../s1. The van der Waals surface area contributed by atoms with E-state index in [9.17, 15) is 19.2 Å². The van der Waals surface area contributed by atoms with E-state index in [4.69, 9.17) is 30.1 Å². The van der Waals surface area contributed by atoms with Gasteiger partial charge in [-0.3, -0.25) is 14.4 Å². The maximum atomic E-state index is 13.7. The summed E-state index contributed by atoms with van der Waals surface area (Å²) in [4.78, 5) is 51.2. The number of furan rings is 1. The topological polar surface area (TPSA) is 161 Å². The van der Waals surface area contributed by atoms with Crippen molar-refractivity contribution >= 4 is 34.9 Å². The molecular weight excluding hydrogens is 588 g/mol. The minimum Gasteiger partial charge on any atom is -0.460 e. The highest BCUT2D eigenvalue weighted by Crippen LogP contribution is 2.61. The molecule has 242 valence electrons. The lowest BCUT2D eigenvalue weighted by molar-refractivity contribution is -0.149. The first-order valence-corrected chi connectivity index (χ1v) is 14.9. The van der Waals surface area contributed by atoms with Gasteiger partial charge in [0.25, 0.3) is 0 Å². The number of anilines is 2. The zero-order chi connectivity index (χ0) is 32.3. The van der Waals surface area contributed by atoms with E-state index in [0.717, 1.165) is 22.5 Å². The smallest absolute Gasteiger partial charge is 0.342 e. The number of hydrogen-bond acceptors (Lipinski definition) is 10. The number of Topliss-reactive ketones (excluding diaryl/α,β-unsaturated/α-hetero) is 2. The molecule has 3 aliphatic carbocycles. The SMILES string of the molecule is C.COC[C@H]1OC(=O)c2coc3c2[C@@]1(C)C1=C(C3=O)C2CCC(=O)[C@@]2(C)C[C@H]1OC(C)=O.Nc1ccc(-c2ccc(N)cc2)cc1. The van der Waals surface area contributed by atoms with Crippen LogP contribution < -0.4 is 11.5 Å². The molecule has 1 unspecified atom stereocenters. The number of carbonyl (C=O) groups excluding carboxylic acids is 4. The van der Waals surface area contributed by atoms with Crippen molar-refractivity contribution in [3.8, 4) is 11.1 Å². The number of nitrogens with two attached hydrogens (primary N) is 2. The molecule has 3 aromatic rings. The number of methoxy groups -OCH3 is 1. The van der Waals surface area contributed by atoms with Crippen LogP contribution in [0.1, 0.15) is 73.9 Å². The fourth-order valence-electron chi connectivity index (χ4n) is 7.63. The van der Waals surface area contributed by atoms with Gasteiger partial charge in [0.15, 0.2) is 5.76 Å². The molecule has 1 fully saturated rings. The second-order valence-electron chi connectivity index (χ2n) is 12.5. The molecule has 10 heteroatoms. The van der Waals surface area contributed by atoms with E-state index in [1.807, 2.05) is 62.4 Å². The Bertz CT molecular complexity index is 1690. The van der Waals surface area contributed by atoms with Crippen LogP contribution in [-0.4, -0.2) is 49.4 Å². The number of ketones is 2. The molecule has 46 heavy (non-hydrogen) atoms. The number of nitrogen functional groups attached to an aromatic ring is 2. The third kappa shape index (κ3) is 5.01. The van der Waals surface area contributed by atoms with Crippen molar-refractivity contribution in [2.45, 2.75) is 65.1 Å². The minimum atomic E-state index is -0.988. The lowest BCUT2D eigenvalue weighted by Crippen LogP contribution is -2.57. The van der Waals surface area contributed by atoms with E-state index in [-0.39, 0.29) is 49.3 Å². The third-order valence-electron chi connectivity index (χ3n) is 9.85. The first-order valence-electron chi connectivity index (χ1n) is 14.9. The van der Waals surface area contributed by atoms with Crippen LogP contribution in [0, 0.1) is 11.3 Å². The summed E-state index contributed by atoms with van der Waals surface area (Å²) in [6, 6.07) is 15.6. The Balaban J connectivity index is 0.000000234. The fourth-order valence-corrected chi connectivity index (χ4v) is 7.63. The van der Waals surface area contributed by atoms with Crippen molar-refractivity contribution in [1.82, 2.24) is 0 Å². The van der Waals surface area contributed by atoms with Gasteiger partial charge in [-0.2, -0.15) is 0 Å². The number of hydrogen-bond donors (Lipinski definition) is 2. The van der Waals surface area contributed by atoms with Crippen molar-refractivity contribution in [3.05, 3.63) is 82.8 Å². The van der Waals surface area contributed by atoms with Crippen LogP contribution in [0.25, 0.3) is 11.1 Å². The third-order valence-corrected chi connectivity index (χ3v) is 9.85. The highest BCUT2D eigenvalue weighted by Gasteiger charge is 2.64. The van der Waals surface area contributed by atoms with E-state index in [0.29, 0.717) is 29.6 Å². The monoisotopic (exact) mass is 628 g/mol. The summed E-state index contributed by atoms with van der Waals surface area (Å²) in [7, 11) is 1.50. The molecular formula is C36H40N2O8. The van der Waals surface area contributed by atoms with E-state index < -0.39 is 35.0 Å². The number of ether oxygens (including phenoxy) is 3. The van der Waals surface area contributed by atoms with Crippen LogP contribution in [0.4, 0.5) is 11.4 Å². The first-order chi connectivity index (χ1) is 21.4. The van der Waals surface area contributed by atoms with Gasteiger partial charge in [0.05, 0.1) is 12.0 Å². The van der Waals surface area contributed by atoms with E-state index in [1.54, 1.807) is 0 Å². The molecule has 4 aliphatic rings. The quantitative estimate of drug-likeness (QED) is 0.271. The predicted molar refractivity (Wildman–Crippen MR) is 172 cm³/mol. The maximum Gasteiger partial charge on any atom is 0.342 e. The van der Waals surface area contributed by atoms with E-state index in [2.05, 4.69) is 0 Å². The number of rotatable bonds is 4. The average Bonchev–Trinajstić information content (AvgIpc) is 3.58. The summed E-state index contributed by atoms with van der Waals surface area (Å²) in [5.41, 5.74) is 15.0. The van der Waals surface area contributed by atoms with Crippen molar-refractivity contribution in [1.29, 1.82) is 0 Å². The highest BCUT2D eigenvalue weighted by molar-refractivity contribution is 6.14. The second kappa shape index (κ2) is 11.9. The first kappa shape index (κ1) is 32.7. The molecule has 1 aliphatic heterocycles. The summed E-state index contributed by atoms with van der Waals surface area (Å²) >= 11 is 0. The zero-order valence-corrected chi connectivity index (χ0v) is 25.7. The van der Waals surface area contributed by atoms with Crippen LogP contribution in [0.2, 0.25) is 0 Å². The molecule has 0 bridgehead atoms. The summed E-state index contributed by atoms with van der Waals surface area (Å²) in [6.07, 6.45) is 0.906. The lowest BCUT2D eigenvalue weighted by Gasteiger charge is -2.51. The number of cyclic esters (lactones) is 1. The molecule has 0 amide bonds. The van der Waals surface area contributed by atoms with Gasteiger partial charge < -0.3 is 30.1 Å². The summed E-state index contributed by atoms with van der Waals surface area (Å²) < 4.78 is 22.4. The molecule has 5 atom stereocenters. The van der Waals surface area contributed by atoms with Crippen molar-refractivity contribution in [2.24, 2.45) is 11.3 Å². The van der Waals surface area contributed by atoms with Crippen LogP contribution in [0.15, 0.2) is 70.4 Å². The molecule has 4 N–H and O–H groups in total. The van der Waals surface area contributed by atoms with Crippen molar-refractivity contribution in [3.63, 3.8) is 0 Å². The van der Waals surface area contributed by atoms with Crippen molar-refractivity contribution in [2.75, 3.05) is 25.2 Å². The normalized spacial score (nSPS) is 27.3. The molecule has 1 aromatic heterocycles. The molecule has 2 aromatic carbocycles. The maximum absolute atomic E-state index is 13.7. The molecule has 10 nitrogen and oxygen atoms in total. The minimum absolute atomic E-state index is 0. The summed E-state index contributed by atoms with van der Waals surface area (Å²) in [6.45, 7) is 5.11. The number of carbonyl (C=O) groups is 4. The lowest BCUT2D eigenvalue weighted by atomic mass is 9.54. The Labute approximate surface area is 268 Å². The Kier molecular flexibility index (Phi) is 8.46. The van der Waals surface area contributed by atoms with Crippen molar-refractivity contribution < 1.29 is 37.8 Å². The molecule has 2 heterocycles. The predicted octanol–water partition coefficient (Wildman–Crippen LogP) is 5.69. The summed E-state index contributed by atoms with van der Waals surface area (Å²) in [5, 5.41) is 0. The average molecular weight is 629 g/mol. The number of fused-ring (bicyclic) bond motifs is 3. The number of esters is 2.